The van der Waals surface area contributed by atoms with Crippen LogP contribution in [0.15, 0.2) is 28.7 Å². The smallest absolute Gasteiger partial charge is 0.223 e. The summed E-state index contributed by atoms with van der Waals surface area (Å²) in [6, 6.07) is 7.56. The molecule has 0 aliphatic heterocycles. The Hall–Kier alpha value is -1.11. The van der Waals surface area contributed by atoms with Crippen LogP contribution in [-0.4, -0.2) is 36.3 Å². The van der Waals surface area contributed by atoms with E-state index in [-0.39, 0.29) is 31.0 Å². The van der Waals surface area contributed by atoms with Crippen molar-refractivity contribution in [1.82, 2.24) is 5.32 Å². The first-order valence-corrected chi connectivity index (χ1v) is 7.94. The molecule has 116 valence electrons. The molecule has 21 heavy (non-hydrogen) atoms. The van der Waals surface area contributed by atoms with E-state index in [9.17, 15) is 9.90 Å². The molecule has 1 fully saturated rings. The van der Waals surface area contributed by atoms with E-state index in [1.54, 1.807) is 0 Å². The molecule has 1 aromatic rings. The van der Waals surface area contributed by atoms with Crippen LogP contribution in [-0.2, 0) is 4.79 Å². The molecule has 0 aromatic heterocycles. The lowest BCUT2D eigenvalue weighted by molar-refractivity contribution is -0.125. The number of aliphatic hydroxyl groups is 1. The van der Waals surface area contributed by atoms with Gasteiger partial charge in [0, 0.05) is 18.5 Å². The summed E-state index contributed by atoms with van der Waals surface area (Å²) in [5, 5.41) is 12.6. The molecule has 2 rings (SSSR count). The molecule has 3 atom stereocenters. The number of halogens is 1. The molecule has 5 nitrogen and oxygen atoms in total. The third kappa shape index (κ3) is 4.98. The minimum atomic E-state index is -0.740. The van der Waals surface area contributed by atoms with Gasteiger partial charge in [0.2, 0.25) is 5.91 Å². The predicted molar refractivity (Wildman–Crippen MR) is 84.0 cm³/mol. The highest BCUT2D eigenvalue weighted by Gasteiger charge is 2.27. The number of hydrogen-bond acceptors (Lipinski definition) is 4. The van der Waals surface area contributed by atoms with Gasteiger partial charge in [0.15, 0.2) is 0 Å². The van der Waals surface area contributed by atoms with Crippen molar-refractivity contribution >= 4 is 21.8 Å². The van der Waals surface area contributed by atoms with Gasteiger partial charge >= 0.3 is 0 Å². The lowest BCUT2D eigenvalue weighted by atomic mass is 10.1. The summed E-state index contributed by atoms with van der Waals surface area (Å²) < 4.78 is 6.34. The predicted octanol–water partition coefficient (Wildman–Crippen LogP) is 1.43. The average molecular weight is 357 g/mol. The van der Waals surface area contributed by atoms with Gasteiger partial charge < -0.3 is 20.9 Å². The van der Waals surface area contributed by atoms with Crippen LogP contribution in [0.25, 0.3) is 0 Å². The first kappa shape index (κ1) is 16.3. The highest BCUT2D eigenvalue weighted by molar-refractivity contribution is 9.10. The fourth-order valence-corrected chi connectivity index (χ4v) is 2.82. The number of amides is 1. The maximum Gasteiger partial charge on any atom is 0.223 e. The number of nitrogens with two attached hydrogens (primary N) is 1. The maximum absolute atomic E-state index is 11.9. The molecule has 1 saturated carbocycles. The van der Waals surface area contributed by atoms with E-state index in [0.29, 0.717) is 5.75 Å². The normalized spacial score (nSPS) is 22.8. The van der Waals surface area contributed by atoms with Gasteiger partial charge in [-0.05, 0) is 47.3 Å². The second-order valence-electron chi connectivity index (χ2n) is 5.41. The highest BCUT2D eigenvalue weighted by Crippen LogP contribution is 2.24. The van der Waals surface area contributed by atoms with Crippen molar-refractivity contribution in [2.24, 2.45) is 11.7 Å². The molecule has 1 aliphatic carbocycles. The number of para-hydroxylation sites is 1. The van der Waals surface area contributed by atoms with Gasteiger partial charge in [-0.15, -0.1) is 0 Å². The summed E-state index contributed by atoms with van der Waals surface area (Å²) >= 11 is 3.37. The quantitative estimate of drug-likeness (QED) is 0.719. The van der Waals surface area contributed by atoms with Gasteiger partial charge in [-0.1, -0.05) is 12.1 Å². The Labute approximate surface area is 133 Å². The number of benzene rings is 1. The minimum Gasteiger partial charge on any atom is -0.490 e. The van der Waals surface area contributed by atoms with E-state index in [0.717, 1.165) is 23.7 Å². The number of aliphatic hydroxyl groups excluding tert-OH is 1. The minimum absolute atomic E-state index is 0.0172. The molecule has 0 spiro atoms. The van der Waals surface area contributed by atoms with E-state index in [1.807, 2.05) is 24.3 Å². The zero-order chi connectivity index (χ0) is 15.2. The summed E-state index contributed by atoms with van der Waals surface area (Å²) in [6.45, 7) is 0.322. The standard InChI is InChI=1S/C15H21BrN2O3/c16-13-3-1-2-4-14(13)21-9-12(19)8-18-15(20)10-5-6-11(17)7-10/h1-4,10-12,19H,5-9,17H2,(H,18,20)/t10-,11+,12-/m0/s1. The van der Waals surface area contributed by atoms with E-state index in [4.69, 9.17) is 10.5 Å². The van der Waals surface area contributed by atoms with E-state index < -0.39 is 6.10 Å². The number of nitrogens with one attached hydrogen (secondary N) is 1. The summed E-state index contributed by atoms with van der Waals surface area (Å²) in [4.78, 5) is 11.9. The maximum atomic E-state index is 11.9. The molecule has 0 radical (unpaired) electrons. The first-order valence-electron chi connectivity index (χ1n) is 7.15. The van der Waals surface area contributed by atoms with Crippen molar-refractivity contribution < 1.29 is 14.6 Å². The Kier molecular flexibility index (Phi) is 6.02. The molecule has 1 aliphatic rings. The molecule has 4 N–H and O–H groups in total. The lowest BCUT2D eigenvalue weighted by Crippen LogP contribution is -2.38. The second kappa shape index (κ2) is 7.77. The van der Waals surface area contributed by atoms with Crippen molar-refractivity contribution in [3.8, 4) is 5.75 Å². The number of ether oxygens (including phenoxy) is 1. The Balaban J connectivity index is 1.69. The molecule has 1 amide bonds. The Morgan fingerprint density at radius 1 is 1.48 bits per heavy atom. The first-order chi connectivity index (χ1) is 10.1. The van der Waals surface area contributed by atoms with Crippen LogP contribution in [0.5, 0.6) is 5.75 Å². The van der Waals surface area contributed by atoms with Crippen LogP contribution < -0.4 is 15.8 Å². The summed E-state index contributed by atoms with van der Waals surface area (Å²) in [6.07, 6.45) is 1.72. The lowest BCUT2D eigenvalue weighted by Gasteiger charge is -2.16. The largest absolute Gasteiger partial charge is 0.490 e. The monoisotopic (exact) mass is 356 g/mol. The Morgan fingerprint density at radius 3 is 2.90 bits per heavy atom. The molecule has 0 saturated heterocycles. The molecule has 0 unspecified atom stereocenters. The van der Waals surface area contributed by atoms with Crippen LogP contribution >= 0.6 is 15.9 Å². The zero-order valence-corrected chi connectivity index (χ0v) is 13.4. The van der Waals surface area contributed by atoms with Gasteiger partial charge in [-0.3, -0.25) is 4.79 Å². The number of carbonyl (C=O) groups is 1. The fraction of sp³-hybridized carbons (Fsp3) is 0.533. The van der Waals surface area contributed by atoms with Crippen LogP contribution in [0.2, 0.25) is 0 Å². The van der Waals surface area contributed by atoms with Crippen LogP contribution in [0.4, 0.5) is 0 Å². The summed E-state index contributed by atoms with van der Waals surface area (Å²) in [5.74, 6) is 0.629. The molecule has 0 heterocycles. The molecular weight excluding hydrogens is 336 g/mol. The number of hydrogen-bond donors (Lipinski definition) is 3. The fourth-order valence-electron chi connectivity index (χ4n) is 2.42. The number of rotatable bonds is 6. The third-order valence-corrected chi connectivity index (χ3v) is 4.28. The summed E-state index contributed by atoms with van der Waals surface area (Å²) in [7, 11) is 0. The van der Waals surface area contributed by atoms with Gasteiger partial charge in [0.05, 0.1) is 4.47 Å². The van der Waals surface area contributed by atoms with Gasteiger partial charge in [0.25, 0.3) is 0 Å². The van der Waals surface area contributed by atoms with Crippen molar-refractivity contribution in [1.29, 1.82) is 0 Å². The van der Waals surface area contributed by atoms with Crippen molar-refractivity contribution in [2.75, 3.05) is 13.2 Å². The van der Waals surface area contributed by atoms with Gasteiger partial charge in [0.1, 0.15) is 18.5 Å². The van der Waals surface area contributed by atoms with Crippen LogP contribution in [0.1, 0.15) is 19.3 Å². The Bertz CT molecular complexity index is 484. The zero-order valence-electron chi connectivity index (χ0n) is 11.8. The summed E-state index contributed by atoms with van der Waals surface area (Å²) in [5.41, 5.74) is 5.79. The average Bonchev–Trinajstić information content (AvgIpc) is 2.90. The Morgan fingerprint density at radius 2 is 2.24 bits per heavy atom. The highest BCUT2D eigenvalue weighted by atomic mass is 79.9. The molecule has 0 bridgehead atoms. The van der Waals surface area contributed by atoms with Crippen molar-refractivity contribution in [3.63, 3.8) is 0 Å². The SMILES string of the molecule is N[C@@H]1CC[C@H](C(=O)NC[C@H](O)COc2ccccc2Br)C1. The van der Waals surface area contributed by atoms with Crippen molar-refractivity contribution in [3.05, 3.63) is 28.7 Å². The topological polar surface area (TPSA) is 84.6 Å². The molecule has 1 aromatic carbocycles. The molecule has 6 heteroatoms. The van der Waals surface area contributed by atoms with Gasteiger partial charge in [-0.25, -0.2) is 0 Å². The van der Waals surface area contributed by atoms with Crippen molar-refractivity contribution in [2.45, 2.75) is 31.4 Å². The van der Waals surface area contributed by atoms with Crippen LogP contribution in [0.3, 0.4) is 0 Å². The van der Waals surface area contributed by atoms with E-state index in [2.05, 4.69) is 21.2 Å². The molecular formula is C15H21BrN2O3. The van der Waals surface area contributed by atoms with Crippen LogP contribution in [0, 0.1) is 5.92 Å². The third-order valence-electron chi connectivity index (χ3n) is 3.62. The van der Waals surface area contributed by atoms with E-state index >= 15 is 0 Å². The van der Waals surface area contributed by atoms with E-state index in [1.165, 1.54) is 0 Å². The van der Waals surface area contributed by atoms with Gasteiger partial charge in [-0.2, -0.15) is 0 Å². The second-order valence-corrected chi connectivity index (χ2v) is 6.26. The number of carbonyl (C=O) groups excluding carboxylic acids is 1.